The van der Waals surface area contributed by atoms with Crippen molar-refractivity contribution in [2.24, 2.45) is 17.6 Å². The van der Waals surface area contributed by atoms with Gasteiger partial charge in [0.05, 0.1) is 0 Å². The van der Waals surface area contributed by atoms with Crippen LogP contribution in [0.2, 0.25) is 0 Å². The number of hydrogen-bond donors (Lipinski definition) is 2. The lowest BCUT2D eigenvalue weighted by Gasteiger charge is -2.18. The number of nitrogens with zero attached hydrogens (tertiary/aromatic N) is 1. The van der Waals surface area contributed by atoms with E-state index in [4.69, 9.17) is 5.73 Å². The second-order valence-electron chi connectivity index (χ2n) is 6.38. The lowest BCUT2D eigenvalue weighted by molar-refractivity contribution is -0.117. The number of nitrogens with two attached hydrogens (primary N) is 1. The number of amides is 1. The molecule has 0 heterocycles. The fourth-order valence-corrected chi connectivity index (χ4v) is 2.46. The Hall–Kier alpha value is -1.55. The second kappa shape index (κ2) is 8.03. The van der Waals surface area contributed by atoms with Crippen LogP contribution in [0, 0.1) is 18.8 Å². The normalized spacial score (nSPS) is 12.3. The fourth-order valence-electron chi connectivity index (χ4n) is 2.46. The number of carbonyl (C=O) groups is 1. The van der Waals surface area contributed by atoms with E-state index in [1.807, 2.05) is 38.1 Å². The van der Waals surface area contributed by atoms with Crippen molar-refractivity contribution in [3.63, 3.8) is 0 Å². The molecule has 0 bridgehead atoms. The molecule has 0 aromatic heterocycles. The highest BCUT2D eigenvalue weighted by Crippen LogP contribution is 2.22. The SMILES string of the molecule is Cc1cc(N(C)C)ccc1NC(=O)C[C@@H](CN)CC(C)C. The minimum atomic E-state index is 0.0480. The third kappa shape index (κ3) is 5.76. The minimum absolute atomic E-state index is 0.0480. The highest BCUT2D eigenvalue weighted by Gasteiger charge is 2.15. The van der Waals surface area contributed by atoms with E-state index in [1.54, 1.807) is 0 Å². The van der Waals surface area contributed by atoms with Crippen LogP contribution in [0.25, 0.3) is 0 Å². The standard InChI is InChI=1S/C17H29N3O/c1-12(2)8-14(11-18)10-17(21)19-16-7-6-15(20(4)5)9-13(16)3/h6-7,9,12,14H,8,10-11,18H2,1-5H3,(H,19,21)/t14-/m0/s1. The first-order chi connectivity index (χ1) is 9.83. The lowest BCUT2D eigenvalue weighted by Crippen LogP contribution is -2.23. The molecule has 0 aliphatic rings. The van der Waals surface area contributed by atoms with E-state index < -0.39 is 0 Å². The summed E-state index contributed by atoms with van der Waals surface area (Å²) < 4.78 is 0. The molecule has 1 rings (SSSR count). The van der Waals surface area contributed by atoms with Crippen LogP contribution in [0.3, 0.4) is 0 Å². The molecule has 118 valence electrons. The van der Waals surface area contributed by atoms with Gasteiger partial charge in [-0.2, -0.15) is 0 Å². The molecule has 1 aromatic carbocycles. The van der Waals surface area contributed by atoms with Gasteiger partial charge >= 0.3 is 0 Å². The molecular formula is C17H29N3O. The monoisotopic (exact) mass is 291 g/mol. The Balaban J connectivity index is 2.66. The summed E-state index contributed by atoms with van der Waals surface area (Å²) in [5, 5.41) is 3.00. The van der Waals surface area contributed by atoms with Crippen molar-refractivity contribution in [2.45, 2.75) is 33.6 Å². The second-order valence-corrected chi connectivity index (χ2v) is 6.38. The van der Waals surface area contributed by atoms with Crippen molar-refractivity contribution in [1.82, 2.24) is 0 Å². The summed E-state index contributed by atoms with van der Waals surface area (Å²) in [6, 6.07) is 6.05. The summed E-state index contributed by atoms with van der Waals surface area (Å²) in [7, 11) is 4.01. The van der Waals surface area contributed by atoms with Crippen molar-refractivity contribution in [3.8, 4) is 0 Å². The van der Waals surface area contributed by atoms with E-state index in [-0.39, 0.29) is 11.8 Å². The van der Waals surface area contributed by atoms with E-state index in [0.717, 1.165) is 23.4 Å². The molecule has 0 fully saturated rings. The zero-order valence-electron chi connectivity index (χ0n) is 13.9. The summed E-state index contributed by atoms with van der Waals surface area (Å²) in [6.07, 6.45) is 1.48. The molecule has 0 saturated heterocycles. The third-order valence-electron chi connectivity index (χ3n) is 3.61. The quantitative estimate of drug-likeness (QED) is 0.812. The Morgan fingerprint density at radius 3 is 2.48 bits per heavy atom. The predicted octanol–water partition coefficient (Wildman–Crippen LogP) is 3.01. The summed E-state index contributed by atoms with van der Waals surface area (Å²) in [4.78, 5) is 14.2. The predicted molar refractivity (Wildman–Crippen MR) is 90.8 cm³/mol. The topological polar surface area (TPSA) is 58.4 Å². The number of nitrogens with one attached hydrogen (secondary N) is 1. The van der Waals surface area contributed by atoms with Gasteiger partial charge in [-0.25, -0.2) is 0 Å². The van der Waals surface area contributed by atoms with Gasteiger partial charge in [-0.05, 0) is 55.5 Å². The van der Waals surface area contributed by atoms with Crippen LogP contribution in [0.15, 0.2) is 18.2 Å². The number of carbonyl (C=O) groups excluding carboxylic acids is 1. The molecule has 1 amide bonds. The summed E-state index contributed by atoms with van der Waals surface area (Å²) in [5.74, 6) is 0.866. The van der Waals surface area contributed by atoms with Crippen LogP contribution in [0.5, 0.6) is 0 Å². The Labute approximate surface area is 128 Å². The van der Waals surface area contributed by atoms with Crippen LogP contribution < -0.4 is 16.0 Å². The number of aryl methyl sites for hydroxylation is 1. The molecule has 1 atom stereocenters. The summed E-state index contributed by atoms with van der Waals surface area (Å²) in [5.41, 5.74) is 8.84. The molecule has 4 nitrogen and oxygen atoms in total. The average Bonchev–Trinajstić information content (AvgIpc) is 2.39. The van der Waals surface area contributed by atoms with E-state index in [0.29, 0.717) is 18.9 Å². The van der Waals surface area contributed by atoms with Crippen molar-refractivity contribution >= 4 is 17.3 Å². The van der Waals surface area contributed by atoms with Crippen LogP contribution in [-0.2, 0) is 4.79 Å². The smallest absolute Gasteiger partial charge is 0.224 e. The lowest BCUT2D eigenvalue weighted by atomic mass is 9.94. The fraction of sp³-hybridized carbons (Fsp3) is 0.588. The molecule has 21 heavy (non-hydrogen) atoms. The van der Waals surface area contributed by atoms with Crippen LogP contribution in [-0.4, -0.2) is 26.5 Å². The van der Waals surface area contributed by atoms with Crippen LogP contribution in [0.4, 0.5) is 11.4 Å². The Morgan fingerprint density at radius 2 is 2.00 bits per heavy atom. The molecule has 0 spiro atoms. The number of hydrogen-bond acceptors (Lipinski definition) is 3. The highest BCUT2D eigenvalue weighted by molar-refractivity contribution is 5.91. The molecule has 0 aliphatic carbocycles. The third-order valence-corrected chi connectivity index (χ3v) is 3.61. The molecule has 0 unspecified atom stereocenters. The van der Waals surface area contributed by atoms with Gasteiger partial charge < -0.3 is 16.0 Å². The van der Waals surface area contributed by atoms with Gasteiger partial charge in [-0.1, -0.05) is 13.8 Å². The van der Waals surface area contributed by atoms with Gasteiger partial charge in [0.25, 0.3) is 0 Å². The summed E-state index contributed by atoms with van der Waals surface area (Å²) in [6.45, 7) is 6.89. The van der Waals surface area contributed by atoms with Crippen molar-refractivity contribution < 1.29 is 4.79 Å². The molecule has 4 heteroatoms. The minimum Gasteiger partial charge on any atom is -0.378 e. The van der Waals surface area contributed by atoms with Crippen molar-refractivity contribution in [2.75, 3.05) is 30.9 Å². The zero-order valence-corrected chi connectivity index (χ0v) is 13.9. The van der Waals surface area contributed by atoms with Gasteiger partial charge in [0, 0.05) is 31.9 Å². The van der Waals surface area contributed by atoms with E-state index in [9.17, 15) is 4.79 Å². The van der Waals surface area contributed by atoms with Crippen LogP contribution >= 0.6 is 0 Å². The average molecular weight is 291 g/mol. The van der Waals surface area contributed by atoms with E-state index in [1.165, 1.54) is 0 Å². The largest absolute Gasteiger partial charge is 0.378 e. The first kappa shape index (κ1) is 17.5. The maximum atomic E-state index is 12.2. The van der Waals surface area contributed by atoms with Gasteiger partial charge in [-0.3, -0.25) is 4.79 Å². The van der Waals surface area contributed by atoms with Crippen molar-refractivity contribution in [3.05, 3.63) is 23.8 Å². The van der Waals surface area contributed by atoms with Crippen LogP contribution in [0.1, 0.15) is 32.3 Å². The van der Waals surface area contributed by atoms with E-state index in [2.05, 4.69) is 25.2 Å². The molecule has 0 radical (unpaired) electrons. The maximum absolute atomic E-state index is 12.2. The van der Waals surface area contributed by atoms with Crippen molar-refractivity contribution in [1.29, 1.82) is 0 Å². The zero-order chi connectivity index (χ0) is 16.0. The summed E-state index contributed by atoms with van der Waals surface area (Å²) >= 11 is 0. The molecule has 0 aliphatic heterocycles. The van der Waals surface area contributed by atoms with Gasteiger partial charge in [0.2, 0.25) is 5.91 Å². The molecular weight excluding hydrogens is 262 g/mol. The first-order valence-electron chi connectivity index (χ1n) is 7.61. The van der Waals surface area contributed by atoms with Gasteiger partial charge in [0.15, 0.2) is 0 Å². The Bertz CT molecular complexity index is 469. The number of benzene rings is 1. The number of anilines is 2. The maximum Gasteiger partial charge on any atom is 0.224 e. The Kier molecular flexibility index (Phi) is 6.69. The van der Waals surface area contributed by atoms with Gasteiger partial charge in [-0.15, -0.1) is 0 Å². The Morgan fingerprint density at radius 1 is 1.33 bits per heavy atom. The molecule has 3 N–H and O–H groups in total. The molecule has 1 aromatic rings. The molecule has 0 saturated carbocycles. The number of rotatable bonds is 7. The van der Waals surface area contributed by atoms with Gasteiger partial charge in [0.1, 0.15) is 0 Å². The highest BCUT2D eigenvalue weighted by atomic mass is 16.1. The first-order valence-corrected chi connectivity index (χ1v) is 7.61. The van der Waals surface area contributed by atoms with E-state index >= 15 is 0 Å².